The highest BCUT2D eigenvalue weighted by Gasteiger charge is 2.12. The molecule has 0 radical (unpaired) electrons. The minimum atomic E-state index is -0.342. The smallest absolute Gasteiger partial charge is 0.166 e. The molecule has 0 saturated carbocycles. The van der Waals surface area contributed by atoms with E-state index in [1.54, 1.807) is 0 Å². The monoisotopic (exact) mass is 275 g/mol. The Hall–Kier alpha value is -0.610. The van der Waals surface area contributed by atoms with Crippen LogP contribution in [0, 0.1) is 11.7 Å². The molecule has 1 aromatic rings. The Morgan fingerprint density at radius 1 is 1.53 bits per heavy atom. The van der Waals surface area contributed by atoms with E-state index < -0.39 is 0 Å². The first-order valence-corrected chi connectivity index (χ1v) is 5.59. The molecule has 4 heteroatoms. The van der Waals surface area contributed by atoms with Gasteiger partial charge >= 0.3 is 0 Å². The molecule has 0 aliphatic carbocycles. The molecule has 0 fully saturated rings. The summed E-state index contributed by atoms with van der Waals surface area (Å²) in [7, 11) is 1.48. The topological polar surface area (TPSA) is 35.2 Å². The molecule has 1 aromatic carbocycles. The van der Waals surface area contributed by atoms with Crippen molar-refractivity contribution in [2.75, 3.05) is 13.7 Å². The Balaban J connectivity index is 3.03. The van der Waals surface area contributed by atoms with Crippen molar-refractivity contribution < 1.29 is 9.13 Å². The van der Waals surface area contributed by atoms with Crippen molar-refractivity contribution in [2.45, 2.75) is 13.3 Å². The Kier molecular flexibility index (Phi) is 4.54. The normalized spacial score (nSPS) is 12.6. The lowest BCUT2D eigenvalue weighted by atomic mass is 10.0. The molecule has 1 rings (SSSR count). The van der Waals surface area contributed by atoms with Crippen LogP contribution in [0.15, 0.2) is 16.6 Å². The zero-order valence-corrected chi connectivity index (χ0v) is 10.5. The molecule has 0 heterocycles. The van der Waals surface area contributed by atoms with E-state index in [1.165, 1.54) is 13.2 Å². The van der Waals surface area contributed by atoms with Gasteiger partial charge in [-0.15, -0.1) is 0 Å². The molecular weight excluding hydrogens is 261 g/mol. The van der Waals surface area contributed by atoms with Gasteiger partial charge in [-0.25, -0.2) is 4.39 Å². The van der Waals surface area contributed by atoms with Gasteiger partial charge in [0.1, 0.15) is 0 Å². The molecule has 2 nitrogen and oxygen atoms in total. The number of rotatable bonds is 4. The molecule has 0 aliphatic rings. The number of hydrogen-bond donors (Lipinski definition) is 1. The van der Waals surface area contributed by atoms with Crippen LogP contribution < -0.4 is 10.5 Å². The van der Waals surface area contributed by atoms with Crippen LogP contribution in [0.25, 0.3) is 0 Å². The second-order valence-electron chi connectivity index (χ2n) is 3.62. The lowest BCUT2D eigenvalue weighted by Crippen LogP contribution is -2.13. The van der Waals surface area contributed by atoms with Gasteiger partial charge in [-0.1, -0.05) is 22.9 Å². The van der Waals surface area contributed by atoms with E-state index in [2.05, 4.69) is 15.9 Å². The Morgan fingerprint density at radius 3 is 2.73 bits per heavy atom. The molecule has 0 bridgehead atoms. The standard InChI is InChI=1S/C11H15BrFNO/c1-7(6-14)3-8-4-9(12)5-10(13)11(8)15-2/h4-5,7H,3,6,14H2,1-2H3. The maximum atomic E-state index is 13.5. The van der Waals surface area contributed by atoms with E-state index in [4.69, 9.17) is 10.5 Å². The van der Waals surface area contributed by atoms with Gasteiger partial charge in [0.15, 0.2) is 11.6 Å². The highest BCUT2D eigenvalue weighted by molar-refractivity contribution is 9.10. The van der Waals surface area contributed by atoms with E-state index >= 15 is 0 Å². The zero-order chi connectivity index (χ0) is 11.4. The maximum absolute atomic E-state index is 13.5. The molecule has 0 aromatic heterocycles. The summed E-state index contributed by atoms with van der Waals surface area (Å²) in [4.78, 5) is 0. The molecule has 0 aliphatic heterocycles. The summed E-state index contributed by atoms with van der Waals surface area (Å²) >= 11 is 3.26. The van der Waals surface area contributed by atoms with E-state index in [0.717, 1.165) is 16.5 Å². The van der Waals surface area contributed by atoms with Gasteiger partial charge in [-0.2, -0.15) is 0 Å². The lowest BCUT2D eigenvalue weighted by Gasteiger charge is -2.13. The maximum Gasteiger partial charge on any atom is 0.166 e. The predicted molar refractivity (Wildman–Crippen MR) is 62.6 cm³/mol. The highest BCUT2D eigenvalue weighted by Crippen LogP contribution is 2.28. The molecule has 1 atom stereocenters. The van der Waals surface area contributed by atoms with Gasteiger partial charge in [0, 0.05) is 4.47 Å². The van der Waals surface area contributed by atoms with Gasteiger partial charge < -0.3 is 10.5 Å². The van der Waals surface area contributed by atoms with E-state index in [0.29, 0.717) is 18.2 Å². The number of hydrogen-bond acceptors (Lipinski definition) is 2. The third kappa shape index (κ3) is 3.18. The highest BCUT2D eigenvalue weighted by atomic mass is 79.9. The van der Waals surface area contributed by atoms with Crippen LogP contribution in [0.2, 0.25) is 0 Å². The third-order valence-corrected chi connectivity index (χ3v) is 2.72. The Bertz CT molecular complexity index is 344. The lowest BCUT2D eigenvalue weighted by molar-refractivity contribution is 0.378. The second-order valence-corrected chi connectivity index (χ2v) is 4.54. The summed E-state index contributed by atoms with van der Waals surface area (Å²) in [6, 6.07) is 3.27. The summed E-state index contributed by atoms with van der Waals surface area (Å²) in [5, 5.41) is 0. The van der Waals surface area contributed by atoms with Gasteiger partial charge in [0.05, 0.1) is 7.11 Å². The van der Waals surface area contributed by atoms with Crippen LogP contribution in [0.5, 0.6) is 5.75 Å². The molecule has 1 unspecified atom stereocenters. The summed E-state index contributed by atoms with van der Waals surface area (Å²) in [5.41, 5.74) is 6.39. The first-order chi connectivity index (χ1) is 7.08. The third-order valence-electron chi connectivity index (χ3n) is 2.26. The molecule has 0 amide bonds. The van der Waals surface area contributed by atoms with Crippen molar-refractivity contribution in [3.05, 3.63) is 28.0 Å². The Morgan fingerprint density at radius 2 is 2.20 bits per heavy atom. The minimum Gasteiger partial charge on any atom is -0.493 e. The van der Waals surface area contributed by atoms with Gasteiger partial charge in [-0.05, 0) is 36.6 Å². The van der Waals surface area contributed by atoms with Crippen molar-refractivity contribution >= 4 is 15.9 Å². The fourth-order valence-corrected chi connectivity index (χ4v) is 1.93. The number of ether oxygens (including phenoxy) is 1. The van der Waals surface area contributed by atoms with Crippen molar-refractivity contribution in [3.8, 4) is 5.75 Å². The van der Waals surface area contributed by atoms with Crippen LogP contribution in [0.3, 0.4) is 0 Å². The van der Waals surface area contributed by atoms with E-state index in [-0.39, 0.29) is 5.82 Å². The van der Waals surface area contributed by atoms with Crippen LogP contribution >= 0.6 is 15.9 Å². The van der Waals surface area contributed by atoms with Crippen molar-refractivity contribution in [2.24, 2.45) is 11.7 Å². The SMILES string of the molecule is COc1c(F)cc(Br)cc1CC(C)CN. The average Bonchev–Trinajstić information content (AvgIpc) is 2.17. The molecule has 2 N–H and O–H groups in total. The first kappa shape index (κ1) is 12.5. The fraction of sp³-hybridized carbons (Fsp3) is 0.455. The number of methoxy groups -OCH3 is 1. The first-order valence-electron chi connectivity index (χ1n) is 4.80. The molecule has 0 spiro atoms. The molecular formula is C11H15BrFNO. The summed E-state index contributed by atoms with van der Waals surface area (Å²) in [6.45, 7) is 2.61. The van der Waals surface area contributed by atoms with Crippen LogP contribution in [0.1, 0.15) is 12.5 Å². The summed E-state index contributed by atoms with van der Waals surface area (Å²) in [5.74, 6) is 0.289. The van der Waals surface area contributed by atoms with E-state index in [1.807, 2.05) is 13.0 Å². The molecule has 84 valence electrons. The minimum absolute atomic E-state index is 0.313. The summed E-state index contributed by atoms with van der Waals surface area (Å²) in [6.07, 6.45) is 0.718. The van der Waals surface area contributed by atoms with Gasteiger partial charge in [-0.3, -0.25) is 0 Å². The Labute approximate surface area is 97.7 Å². The van der Waals surface area contributed by atoms with Crippen LogP contribution in [-0.4, -0.2) is 13.7 Å². The van der Waals surface area contributed by atoms with Crippen LogP contribution in [0.4, 0.5) is 4.39 Å². The number of benzene rings is 1. The van der Waals surface area contributed by atoms with Crippen molar-refractivity contribution in [3.63, 3.8) is 0 Å². The fourth-order valence-electron chi connectivity index (χ4n) is 1.45. The zero-order valence-electron chi connectivity index (χ0n) is 8.89. The number of halogens is 2. The largest absolute Gasteiger partial charge is 0.493 e. The van der Waals surface area contributed by atoms with Crippen LogP contribution in [-0.2, 0) is 6.42 Å². The van der Waals surface area contributed by atoms with Crippen molar-refractivity contribution in [1.82, 2.24) is 0 Å². The van der Waals surface area contributed by atoms with Gasteiger partial charge in [0.25, 0.3) is 0 Å². The van der Waals surface area contributed by atoms with E-state index in [9.17, 15) is 4.39 Å². The molecule has 15 heavy (non-hydrogen) atoms. The number of nitrogens with two attached hydrogens (primary N) is 1. The second kappa shape index (κ2) is 5.47. The summed E-state index contributed by atoms with van der Waals surface area (Å²) < 4.78 is 19.2. The predicted octanol–water partition coefficient (Wildman–Crippen LogP) is 2.73. The van der Waals surface area contributed by atoms with Gasteiger partial charge in [0.2, 0.25) is 0 Å². The molecule has 0 saturated heterocycles. The average molecular weight is 276 g/mol. The quantitative estimate of drug-likeness (QED) is 0.917. The van der Waals surface area contributed by atoms with Crippen molar-refractivity contribution in [1.29, 1.82) is 0 Å².